The second-order valence-corrected chi connectivity index (χ2v) is 7.57. The van der Waals surface area contributed by atoms with E-state index in [0.29, 0.717) is 35.2 Å². The molecule has 0 fully saturated rings. The van der Waals surface area contributed by atoms with E-state index < -0.39 is 5.82 Å². The highest BCUT2D eigenvalue weighted by Crippen LogP contribution is 2.37. The third-order valence-electron chi connectivity index (χ3n) is 4.32. The highest BCUT2D eigenvalue weighted by Gasteiger charge is 2.15. The molecule has 0 saturated carbocycles. The molecule has 0 saturated heterocycles. The quantitative estimate of drug-likeness (QED) is 0.411. The lowest BCUT2D eigenvalue weighted by Gasteiger charge is -2.17. The van der Waals surface area contributed by atoms with Gasteiger partial charge in [-0.3, -0.25) is 0 Å². The summed E-state index contributed by atoms with van der Waals surface area (Å²) in [5.41, 5.74) is 2.50. The Kier molecular flexibility index (Phi) is 7.47. The van der Waals surface area contributed by atoms with E-state index in [0.717, 1.165) is 15.6 Å². The van der Waals surface area contributed by atoms with E-state index in [1.54, 1.807) is 31.4 Å². The zero-order valence-corrected chi connectivity index (χ0v) is 18.0. The van der Waals surface area contributed by atoms with Crippen molar-refractivity contribution in [2.45, 2.75) is 19.7 Å². The minimum atomic E-state index is -0.399. The number of methoxy groups -OCH3 is 1. The van der Waals surface area contributed by atoms with Crippen molar-refractivity contribution in [1.82, 2.24) is 5.32 Å². The Hall–Kier alpha value is -2.15. The summed E-state index contributed by atoms with van der Waals surface area (Å²) in [6.07, 6.45) is 0. The fourth-order valence-electron chi connectivity index (χ4n) is 2.79. The van der Waals surface area contributed by atoms with Gasteiger partial charge in [0.1, 0.15) is 18.2 Å². The summed E-state index contributed by atoms with van der Waals surface area (Å²) in [7, 11) is 1.57. The van der Waals surface area contributed by atoms with Crippen molar-refractivity contribution in [2.24, 2.45) is 0 Å². The summed E-state index contributed by atoms with van der Waals surface area (Å²) in [4.78, 5) is 0. The molecule has 0 amide bonds. The van der Waals surface area contributed by atoms with Crippen LogP contribution in [-0.2, 0) is 19.7 Å². The van der Waals surface area contributed by atoms with Gasteiger partial charge in [-0.1, -0.05) is 45.7 Å². The Labute approximate surface area is 181 Å². The predicted molar refractivity (Wildman–Crippen MR) is 113 cm³/mol. The summed E-state index contributed by atoms with van der Waals surface area (Å²) in [5, 5.41) is 3.62. The van der Waals surface area contributed by atoms with Crippen molar-refractivity contribution in [3.63, 3.8) is 0 Å². The molecule has 29 heavy (non-hydrogen) atoms. The molecule has 3 rings (SSSR count). The molecular formula is C22H19BrClF2NO2. The molecule has 0 aliphatic heterocycles. The maximum Gasteiger partial charge on any atom is 0.167 e. The van der Waals surface area contributed by atoms with Crippen molar-refractivity contribution in [1.29, 1.82) is 0 Å². The molecule has 0 aromatic heterocycles. The predicted octanol–water partition coefficient (Wildman–Crippen LogP) is 6.26. The van der Waals surface area contributed by atoms with Gasteiger partial charge in [0.2, 0.25) is 0 Å². The molecule has 152 valence electrons. The van der Waals surface area contributed by atoms with E-state index >= 15 is 0 Å². The molecule has 0 spiro atoms. The lowest BCUT2D eigenvalue weighted by Crippen LogP contribution is -2.14. The molecule has 0 aliphatic carbocycles. The van der Waals surface area contributed by atoms with E-state index in [9.17, 15) is 8.78 Å². The summed E-state index contributed by atoms with van der Waals surface area (Å²) >= 11 is 9.66. The normalized spacial score (nSPS) is 10.8. The zero-order valence-electron chi connectivity index (χ0n) is 15.6. The van der Waals surface area contributed by atoms with Crippen LogP contribution in [0.25, 0.3) is 0 Å². The van der Waals surface area contributed by atoms with Gasteiger partial charge in [-0.2, -0.15) is 0 Å². The van der Waals surface area contributed by atoms with Gasteiger partial charge < -0.3 is 14.8 Å². The van der Waals surface area contributed by atoms with Crippen LogP contribution in [0.3, 0.4) is 0 Å². The summed E-state index contributed by atoms with van der Waals surface area (Å²) < 4.78 is 38.6. The lowest BCUT2D eigenvalue weighted by molar-refractivity contribution is 0.280. The van der Waals surface area contributed by atoms with Gasteiger partial charge in [0.05, 0.1) is 12.1 Å². The number of nitrogens with one attached hydrogen (secondary N) is 1. The van der Waals surface area contributed by atoms with Crippen molar-refractivity contribution in [3.8, 4) is 11.5 Å². The number of hydrogen-bond donors (Lipinski definition) is 1. The second-order valence-electron chi connectivity index (χ2n) is 6.31. The van der Waals surface area contributed by atoms with Crippen LogP contribution in [-0.4, -0.2) is 7.11 Å². The largest absolute Gasteiger partial charge is 0.493 e. The molecule has 0 bridgehead atoms. The van der Waals surface area contributed by atoms with Crippen LogP contribution in [0.2, 0.25) is 5.02 Å². The molecular weight excluding hydrogens is 464 g/mol. The molecule has 0 aliphatic rings. The maximum absolute atomic E-state index is 13.3. The molecule has 0 heterocycles. The molecule has 7 heteroatoms. The number of hydrogen-bond acceptors (Lipinski definition) is 3. The van der Waals surface area contributed by atoms with Crippen LogP contribution >= 0.6 is 27.5 Å². The molecule has 0 radical (unpaired) electrons. The summed E-state index contributed by atoms with van der Waals surface area (Å²) in [6, 6.07) is 14.2. The van der Waals surface area contributed by atoms with Gasteiger partial charge in [-0.15, -0.1) is 0 Å². The van der Waals surface area contributed by atoms with Gasteiger partial charge in [-0.05, 0) is 42.0 Å². The third kappa shape index (κ3) is 5.69. The van der Waals surface area contributed by atoms with Gasteiger partial charge in [0.25, 0.3) is 0 Å². The van der Waals surface area contributed by atoms with Crippen molar-refractivity contribution in [2.75, 3.05) is 7.11 Å². The minimum Gasteiger partial charge on any atom is -0.493 e. The van der Waals surface area contributed by atoms with Crippen LogP contribution in [0.5, 0.6) is 11.5 Å². The Morgan fingerprint density at radius 1 is 0.966 bits per heavy atom. The third-order valence-corrected chi connectivity index (χ3v) is 5.41. The Morgan fingerprint density at radius 3 is 2.38 bits per heavy atom. The number of rotatable bonds is 8. The first kappa shape index (κ1) is 21.6. The smallest absolute Gasteiger partial charge is 0.167 e. The number of halogens is 4. The van der Waals surface area contributed by atoms with Crippen LogP contribution < -0.4 is 14.8 Å². The van der Waals surface area contributed by atoms with Gasteiger partial charge in [0, 0.05) is 28.7 Å². The zero-order chi connectivity index (χ0) is 20.8. The molecule has 1 N–H and O–H groups in total. The van der Waals surface area contributed by atoms with Crippen LogP contribution in [0, 0.1) is 11.6 Å². The Morgan fingerprint density at radius 2 is 1.69 bits per heavy atom. The molecule has 3 nitrogen and oxygen atoms in total. The monoisotopic (exact) mass is 481 g/mol. The lowest BCUT2D eigenvalue weighted by atomic mass is 10.1. The van der Waals surface area contributed by atoms with E-state index in [1.165, 1.54) is 24.3 Å². The van der Waals surface area contributed by atoms with Gasteiger partial charge >= 0.3 is 0 Å². The highest BCUT2D eigenvalue weighted by atomic mass is 79.9. The second kappa shape index (κ2) is 10.1. The fraction of sp³-hybridized carbons (Fsp3) is 0.182. The Bertz CT molecular complexity index is 983. The first-order chi connectivity index (χ1) is 14.0. The first-order valence-electron chi connectivity index (χ1n) is 8.85. The average Bonchev–Trinajstić information content (AvgIpc) is 2.70. The Balaban J connectivity index is 1.76. The van der Waals surface area contributed by atoms with Gasteiger partial charge in [-0.25, -0.2) is 8.78 Å². The van der Waals surface area contributed by atoms with Crippen molar-refractivity contribution < 1.29 is 18.3 Å². The average molecular weight is 483 g/mol. The molecule has 3 aromatic carbocycles. The highest BCUT2D eigenvalue weighted by molar-refractivity contribution is 9.10. The van der Waals surface area contributed by atoms with Crippen molar-refractivity contribution >= 4 is 27.5 Å². The first-order valence-corrected chi connectivity index (χ1v) is 10.0. The summed E-state index contributed by atoms with van der Waals surface area (Å²) in [5.74, 6) is 0.475. The maximum atomic E-state index is 13.3. The summed E-state index contributed by atoms with van der Waals surface area (Å²) in [6.45, 7) is 1.21. The van der Waals surface area contributed by atoms with E-state index in [4.69, 9.17) is 21.1 Å². The minimum absolute atomic E-state index is 0.164. The van der Waals surface area contributed by atoms with Crippen LogP contribution in [0.1, 0.15) is 16.7 Å². The molecule has 3 aromatic rings. The fourth-order valence-corrected chi connectivity index (χ4v) is 3.46. The van der Waals surface area contributed by atoms with Crippen LogP contribution in [0.15, 0.2) is 59.1 Å². The van der Waals surface area contributed by atoms with E-state index in [1.807, 2.05) is 6.07 Å². The van der Waals surface area contributed by atoms with Gasteiger partial charge in [0.15, 0.2) is 11.5 Å². The number of ether oxygens (including phenoxy) is 2. The van der Waals surface area contributed by atoms with E-state index in [2.05, 4.69) is 21.2 Å². The molecule has 0 unspecified atom stereocenters. The van der Waals surface area contributed by atoms with Crippen LogP contribution in [0.4, 0.5) is 8.78 Å². The SMILES string of the molecule is COc1ccc(Br)c(CNCc2ccc(F)cc2)c1OCc1ccc(F)cc1Cl. The van der Waals surface area contributed by atoms with Crippen molar-refractivity contribution in [3.05, 3.63) is 92.4 Å². The molecule has 0 atom stereocenters. The topological polar surface area (TPSA) is 30.5 Å². The standard InChI is InChI=1S/C22H19BrClF2NO2/c1-28-21-9-8-19(23)18(12-27-11-14-2-5-16(25)6-3-14)22(21)29-13-15-4-7-17(26)10-20(15)24/h2-10,27H,11-13H2,1H3. The van der Waals surface area contributed by atoms with E-state index in [-0.39, 0.29) is 12.4 Å². The number of benzene rings is 3.